The Morgan fingerprint density at radius 1 is 1.24 bits per heavy atom. The third kappa shape index (κ3) is 4.22. The molecule has 0 spiro atoms. The van der Waals surface area contributed by atoms with Gasteiger partial charge in [-0.3, -0.25) is 4.79 Å². The summed E-state index contributed by atoms with van der Waals surface area (Å²) in [6, 6.07) is 6.51. The van der Waals surface area contributed by atoms with E-state index in [1.165, 1.54) is 6.07 Å². The Bertz CT molecular complexity index is 714. The number of carbonyl (C=O) groups excluding carboxylic acids is 1. The molecule has 25 heavy (non-hydrogen) atoms. The van der Waals surface area contributed by atoms with Gasteiger partial charge in [-0.1, -0.05) is 12.5 Å². The lowest BCUT2D eigenvalue weighted by molar-refractivity contribution is 0.0930. The lowest BCUT2D eigenvalue weighted by Gasteiger charge is -2.32. The van der Waals surface area contributed by atoms with Crippen molar-refractivity contribution in [1.29, 1.82) is 0 Å². The number of carbonyl (C=O) groups is 1. The van der Waals surface area contributed by atoms with Gasteiger partial charge in [0.25, 0.3) is 5.91 Å². The van der Waals surface area contributed by atoms with Crippen LogP contribution < -0.4 is 10.6 Å². The summed E-state index contributed by atoms with van der Waals surface area (Å²) in [6.07, 6.45) is 4.81. The van der Waals surface area contributed by atoms with Crippen LogP contribution in [0, 0.1) is 0 Å². The number of nitrogens with zero attached hydrogens (tertiary/aromatic N) is 1. The van der Waals surface area contributed by atoms with E-state index in [-0.39, 0.29) is 22.9 Å². The number of piperidine rings is 2. The van der Waals surface area contributed by atoms with E-state index in [2.05, 4.69) is 10.6 Å². The fraction of sp³-hybridized carbons (Fsp3) is 0.611. The molecule has 0 radical (unpaired) electrons. The summed E-state index contributed by atoms with van der Waals surface area (Å²) >= 11 is 0. The molecule has 2 heterocycles. The van der Waals surface area contributed by atoms with Gasteiger partial charge in [-0.2, -0.15) is 4.31 Å². The van der Waals surface area contributed by atoms with Crippen LogP contribution in [0.15, 0.2) is 29.2 Å². The first kappa shape index (κ1) is 18.4. The van der Waals surface area contributed by atoms with Gasteiger partial charge >= 0.3 is 0 Å². The fourth-order valence-corrected chi connectivity index (χ4v) is 5.35. The molecule has 0 saturated carbocycles. The highest BCUT2D eigenvalue weighted by molar-refractivity contribution is 7.89. The predicted octanol–water partition coefficient (Wildman–Crippen LogP) is 1.73. The smallest absolute Gasteiger partial charge is 0.251 e. The van der Waals surface area contributed by atoms with Crippen molar-refractivity contribution in [2.45, 2.75) is 56.0 Å². The Hall–Kier alpha value is -1.44. The molecule has 2 N–H and O–H groups in total. The first-order chi connectivity index (χ1) is 12.0. The van der Waals surface area contributed by atoms with E-state index in [1.807, 2.05) is 6.92 Å². The highest BCUT2D eigenvalue weighted by Gasteiger charge is 2.31. The molecule has 3 rings (SSSR count). The molecule has 6 nitrogen and oxygen atoms in total. The van der Waals surface area contributed by atoms with E-state index >= 15 is 0 Å². The number of benzene rings is 1. The lowest BCUT2D eigenvalue weighted by atomic mass is 10.1. The number of nitrogens with one attached hydrogen (secondary N) is 2. The van der Waals surface area contributed by atoms with Crippen LogP contribution in [0.1, 0.15) is 49.4 Å². The van der Waals surface area contributed by atoms with Crippen LogP contribution in [0.2, 0.25) is 0 Å². The molecular formula is C18H27N3O3S. The minimum absolute atomic E-state index is 0.00421. The molecule has 0 aromatic heterocycles. The first-order valence-electron chi connectivity index (χ1n) is 9.12. The topological polar surface area (TPSA) is 78.5 Å². The Morgan fingerprint density at radius 3 is 2.80 bits per heavy atom. The summed E-state index contributed by atoms with van der Waals surface area (Å²) in [7, 11) is -3.56. The van der Waals surface area contributed by atoms with Crippen molar-refractivity contribution in [3.05, 3.63) is 29.8 Å². The molecule has 2 saturated heterocycles. The monoisotopic (exact) mass is 365 g/mol. The summed E-state index contributed by atoms with van der Waals surface area (Å²) < 4.78 is 27.5. The van der Waals surface area contributed by atoms with E-state index in [9.17, 15) is 13.2 Å². The fourth-order valence-electron chi connectivity index (χ4n) is 3.61. The third-order valence-electron chi connectivity index (χ3n) is 5.08. The molecule has 1 aromatic rings. The van der Waals surface area contributed by atoms with Gasteiger partial charge in [0.1, 0.15) is 0 Å². The first-order valence-corrected chi connectivity index (χ1v) is 10.6. The van der Waals surface area contributed by atoms with Crippen molar-refractivity contribution in [3.8, 4) is 0 Å². The minimum Gasteiger partial charge on any atom is -0.348 e. The summed E-state index contributed by atoms with van der Waals surface area (Å²) in [5.74, 6) is -0.211. The molecule has 2 aliphatic heterocycles. The molecule has 0 aliphatic carbocycles. The predicted molar refractivity (Wildman–Crippen MR) is 97.0 cm³/mol. The van der Waals surface area contributed by atoms with Gasteiger partial charge < -0.3 is 10.6 Å². The summed E-state index contributed by atoms with van der Waals surface area (Å²) in [4.78, 5) is 12.7. The molecule has 0 bridgehead atoms. The normalized spacial score (nSPS) is 25.5. The van der Waals surface area contributed by atoms with E-state index in [4.69, 9.17) is 0 Å². The molecule has 2 aliphatic rings. The SMILES string of the molecule is CC1CCCCN1S(=O)(=O)c1cccc(C(=O)NC2CCCNC2)c1. The van der Waals surface area contributed by atoms with Crippen molar-refractivity contribution in [2.75, 3.05) is 19.6 Å². The molecule has 2 fully saturated rings. The van der Waals surface area contributed by atoms with Crippen LogP contribution in [0.3, 0.4) is 0 Å². The Labute approximate surface area is 150 Å². The molecule has 1 aromatic carbocycles. The van der Waals surface area contributed by atoms with Crippen LogP contribution in [0.5, 0.6) is 0 Å². The standard InChI is InChI=1S/C18H27N3O3S/c1-14-6-2-3-11-21(14)25(23,24)17-9-4-7-15(12-17)18(22)20-16-8-5-10-19-13-16/h4,7,9,12,14,16,19H,2-3,5-6,8,10-11,13H2,1H3,(H,20,22). The van der Waals surface area contributed by atoms with Crippen molar-refractivity contribution in [1.82, 2.24) is 14.9 Å². The second-order valence-electron chi connectivity index (χ2n) is 7.01. The van der Waals surface area contributed by atoms with Crippen LogP contribution >= 0.6 is 0 Å². The van der Waals surface area contributed by atoms with Crippen molar-refractivity contribution in [2.24, 2.45) is 0 Å². The Kier molecular flexibility index (Phi) is 5.76. The van der Waals surface area contributed by atoms with E-state index < -0.39 is 10.0 Å². The number of sulfonamides is 1. The zero-order chi connectivity index (χ0) is 17.9. The summed E-state index contributed by atoms with van der Waals surface area (Å²) in [5, 5.41) is 6.25. The van der Waals surface area contributed by atoms with E-state index in [1.54, 1.807) is 22.5 Å². The number of hydrogen-bond acceptors (Lipinski definition) is 4. The quantitative estimate of drug-likeness (QED) is 0.852. The third-order valence-corrected chi connectivity index (χ3v) is 7.09. The van der Waals surface area contributed by atoms with Gasteiger partial charge in [0.05, 0.1) is 4.90 Å². The average Bonchev–Trinajstić information content (AvgIpc) is 2.63. The zero-order valence-electron chi connectivity index (χ0n) is 14.7. The molecule has 2 atom stereocenters. The zero-order valence-corrected chi connectivity index (χ0v) is 15.5. The number of rotatable bonds is 4. The van der Waals surface area contributed by atoms with Crippen molar-refractivity contribution < 1.29 is 13.2 Å². The maximum absolute atomic E-state index is 12.9. The van der Waals surface area contributed by atoms with Crippen molar-refractivity contribution >= 4 is 15.9 Å². The van der Waals surface area contributed by atoms with E-state index in [0.29, 0.717) is 12.1 Å². The van der Waals surface area contributed by atoms with Gasteiger partial charge in [-0.25, -0.2) is 8.42 Å². The summed E-state index contributed by atoms with van der Waals surface area (Å²) in [6.45, 7) is 4.24. The number of amides is 1. The molecule has 138 valence electrons. The molecule has 1 amide bonds. The van der Waals surface area contributed by atoms with Crippen LogP contribution in [0.25, 0.3) is 0 Å². The summed E-state index contributed by atoms with van der Waals surface area (Å²) in [5.41, 5.74) is 0.399. The maximum atomic E-state index is 12.9. The minimum atomic E-state index is -3.56. The maximum Gasteiger partial charge on any atom is 0.251 e. The van der Waals surface area contributed by atoms with Gasteiger partial charge in [-0.15, -0.1) is 0 Å². The molecular weight excluding hydrogens is 338 g/mol. The van der Waals surface area contributed by atoms with Gasteiger partial charge in [0.15, 0.2) is 0 Å². The molecule has 2 unspecified atom stereocenters. The second kappa shape index (κ2) is 7.85. The van der Waals surface area contributed by atoms with Crippen molar-refractivity contribution in [3.63, 3.8) is 0 Å². The molecule has 7 heteroatoms. The van der Waals surface area contributed by atoms with Gasteiger partial charge in [0, 0.05) is 30.7 Å². The average molecular weight is 365 g/mol. The van der Waals surface area contributed by atoms with Gasteiger partial charge in [-0.05, 0) is 57.4 Å². The lowest BCUT2D eigenvalue weighted by Crippen LogP contribution is -2.45. The Balaban J connectivity index is 1.77. The second-order valence-corrected chi connectivity index (χ2v) is 8.90. The number of hydrogen-bond donors (Lipinski definition) is 2. The highest BCUT2D eigenvalue weighted by Crippen LogP contribution is 2.25. The van der Waals surface area contributed by atoms with Crippen LogP contribution in [0.4, 0.5) is 0 Å². The van der Waals surface area contributed by atoms with Crippen LogP contribution in [-0.4, -0.2) is 50.3 Å². The van der Waals surface area contributed by atoms with Crippen LogP contribution in [-0.2, 0) is 10.0 Å². The van der Waals surface area contributed by atoms with E-state index in [0.717, 1.165) is 45.2 Å². The highest BCUT2D eigenvalue weighted by atomic mass is 32.2. The van der Waals surface area contributed by atoms with Gasteiger partial charge in [0.2, 0.25) is 10.0 Å². The largest absolute Gasteiger partial charge is 0.348 e. The Morgan fingerprint density at radius 2 is 2.08 bits per heavy atom.